The van der Waals surface area contributed by atoms with E-state index < -0.39 is 0 Å². The van der Waals surface area contributed by atoms with Gasteiger partial charge >= 0.3 is 5.97 Å². The van der Waals surface area contributed by atoms with E-state index in [1.54, 1.807) is 21.6 Å². The van der Waals surface area contributed by atoms with Crippen molar-refractivity contribution in [2.24, 2.45) is 0 Å². The van der Waals surface area contributed by atoms with Crippen molar-refractivity contribution in [1.82, 2.24) is 0 Å². The zero-order chi connectivity index (χ0) is 10.7. The number of carbonyl (C=O) groups excluding carboxylic acids is 1. The third-order valence-corrected chi connectivity index (χ3v) is 4.65. The minimum atomic E-state index is -0.205. The number of ether oxygens (including phenoxy) is 1. The lowest BCUT2D eigenvalue weighted by Crippen LogP contribution is -2.19. The second-order valence-corrected chi connectivity index (χ2v) is 6.01. The Labute approximate surface area is 97.2 Å². The molecule has 0 atom stereocenters. The fourth-order valence-electron chi connectivity index (χ4n) is 1.27. The Morgan fingerprint density at radius 1 is 1.27 bits per heavy atom. The summed E-state index contributed by atoms with van der Waals surface area (Å²) >= 11 is 0. The Balaban J connectivity index is 1.98. The van der Waals surface area contributed by atoms with Gasteiger partial charge in [-0.2, -0.15) is 0 Å². The second kappa shape index (κ2) is 4.94. The lowest BCUT2D eigenvalue weighted by molar-refractivity contribution is 0.0397. The molecule has 0 radical (unpaired) electrons. The molecular weight excluding hydrogens is 228 g/mol. The summed E-state index contributed by atoms with van der Waals surface area (Å²) in [6.07, 6.45) is 0.0776. The molecule has 0 saturated carbocycles. The predicted octanol–water partition coefficient (Wildman–Crippen LogP) is 2.92. The van der Waals surface area contributed by atoms with Crippen molar-refractivity contribution >= 4 is 27.6 Å². The number of carbonyl (C=O) groups is 1. The van der Waals surface area contributed by atoms with Gasteiger partial charge in [0.15, 0.2) is 0 Å². The summed E-state index contributed by atoms with van der Waals surface area (Å²) in [7, 11) is 3.52. The predicted molar refractivity (Wildman–Crippen MR) is 65.3 cm³/mol. The highest BCUT2D eigenvalue weighted by Crippen LogP contribution is 2.32. The summed E-state index contributed by atoms with van der Waals surface area (Å²) in [5.41, 5.74) is 1.79. The fraction of sp³-hybridized carbons (Fsp3) is 0.364. The molecule has 4 heteroatoms. The smallest absolute Gasteiger partial charge is 0.338 e. The summed E-state index contributed by atoms with van der Waals surface area (Å²) in [5.74, 6) is 1.60. The Morgan fingerprint density at radius 2 is 1.87 bits per heavy atom. The average Bonchev–Trinajstić information content (AvgIpc) is 2.71. The van der Waals surface area contributed by atoms with Crippen LogP contribution in [0.3, 0.4) is 0 Å². The summed E-state index contributed by atoms with van der Waals surface area (Å²) in [6, 6.07) is 7.48. The first-order valence-electron chi connectivity index (χ1n) is 4.78. The third-order valence-electron chi connectivity index (χ3n) is 2.15. The number of hydrogen-bond donors (Lipinski definition) is 0. The lowest BCUT2D eigenvalue weighted by atomic mass is 10.1. The number of benzene rings is 1. The minimum absolute atomic E-state index is 0.0776. The third kappa shape index (κ3) is 2.92. The average molecular weight is 240 g/mol. The van der Waals surface area contributed by atoms with E-state index in [4.69, 9.17) is 4.74 Å². The quantitative estimate of drug-likeness (QED) is 0.586. The van der Waals surface area contributed by atoms with Gasteiger partial charge in [-0.15, -0.1) is 0 Å². The first-order chi connectivity index (χ1) is 7.25. The number of esters is 1. The molecule has 2 rings (SSSR count). The van der Waals surface area contributed by atoms with Gasteiger partial charge in [0.2, 0.25) is 0 Å². The molecule has 0 bridgehead atoms. The summed E-state index contributed by atoms with van der Waals surface area (Å²) in [4.78, 5) is 11.7. The zero-order valence-electron chi connectivity index (χ0n) is 8.43. The molecule has 0 aliphatic carbocycles. The monoisotopic (exact) mass is 240 g/mol. The molecule has 0 aromatic heterocycles. The van der Waals surface area contributed by atoms with Gasteiger partial charge in [0, 0.05) is 11.5 Å². The van der Waals surface area contributed by atoms with Crippen LogP contribution >= 0.6 is 21.6 Å². The van der Waals surface area contributed by atoms with Gasteiger partial charge in [-0.1, -0.05) is 39.3 Å². The molecule has 1 heterocycles. The maximum Gasteiger partial charge on any atom is 0.338 e. The molecule has 15 heavy (non-hydrogen) atoms. The van der Waals surface area contributed by atoms with Crippen LogP contribution in [0, 0.1) is 6.92 Å². The second-order valence-electron chi connectivity index (χ2n) is 3.46. The highest BCUT2D eigenvalue weighted by atomic mass is 33.1. The van der Waals surface area contributed by atoms with Crippen LogP contribution in [0.1, 0.15) is 15.9 Å². The molecule has 1 aromatic rings. The molecule has 0 spiro atoms. The molecule has 80 valence electrons. The van der Waals surface area contributed by atoms with Crippen LogP contribution in [0.4, 0.5) is 0 Å². The molecule has 0 unspecified atom stereocenters. The van der Waals surface area contributed by atoms with Gasteiger partial charge in [0.25, 0.3) is 0 Å². The van der Waals surface area contributed by atoms with Crippen LogP contribution in [-0.2, 0) is 4.74 Å². The molecule has 1 aliphatic rings. The van der Waals surface area contributed by atoms with Crippen LogP contribution < -0.4 is 0 Å². The summed E-state index contributed by atoms with van der Waals surface area (Å²) in [5, 5.41) is 0. The normalized spacial score (nSPS) is 16.6. The van der Waals surface area contributed by atoms with Gasteiger partial charge in [0.1, 0.15) is 6.10 Å². The Morgan fingerprint density at radius 3 is 2.47 bits per heavy atom. The Hall–Kier alpha value is -0.610. The van der Waals surface area contributed by atoms with E-state index >= 15 is 0 Å². The highest BCUT2D eigenvalue weighted by Gasteiger charge is 2.21. The van der Waals surface area contributed by atoms with Crippen molar-refractivity contribution in [2.45, 2.75) is 13.0 Å². The molecule has 1 aromatic carbocycles. The van der Waals surface area contributed by atoms with Crippen molar-refractivity contribution in [3.63, 3.8) is 0 Å². The van der Waals surface area contributed by atoms with E-state index in [0.717, 1.165) is 17.1 Å². The molecule has 1 aliphatic heterocycles. The summed E-state index contributed by atoms with van der Waals surface area (Å²) < 4.78 is 5.36. The van der Waals surface area contributed by atoms with Crippen LogP contribution in [-0.4, -0.2) is 23.6 Å². The minimum Gasteiger partial charge on any atom is -0.457 e. The van der Waals surface area contributed by atoms with Gasteiger partial charge in [-0.25, -0.2) is 4.79 Å². The van der Waals surface area contributed by atoms with Crippen LogP contribution in [0.5, 0.6) is 0 Å². The zero-order valence-corrected chi connectivity index (χ0v) is 10.1. The van der Waals surface area contributed by atoms with E-state index in [1.165, 1.54) is 0 Å². The van der Waals surface area contributed by atoms with Crippen LogP contribution in [0.15, 0.2) is 24.3 Å². The molecule has 1 saturated heterocycles. The Bertz CT molecular complexity index is 342. The van der Waals surface area contributed by atoms with Crippen molar-refractivity contribution < 1.29 is 9.53 Å². The number of rotatable bonds is 2. The van der Waals surface area contributed by atoms with E-state index in [0.29, 0.717) is 5.56 Å². The van der Waals surface area contributed by atoms with E-state index in [9.17, 15) is 4.79 Å². The number of aryl methyl sites for hydroxylation is 1. The van der Waals surface area contributed by atoms with Crippen molar-refractivity contribution in [2.75, 3.05) is 11.5 Å². The first-order valence-corrected chi connectivity index (χ1v) is 7.26. The fourth-order valence-corrected chi connectivity index (χ4v) is 3.78. The topological polar surface area (TPSA) is 26.3 Å². The molecule has 2 nitrogen and oxygen atoms in total. The van der Waals surface area contributed by atoms with Crippen LogP contribution in [0.2, 0.25) is 0 Å². The van der Waals surface area contributed by atoms with Crippen LogP contribution in [0.25, 0.3) is 0 Å². The maximum atomic E-state index is 11.7. The van der Waals surface area contributed by atoms with Crippen molar-refractivity contribution in [3.05, 3.63) is 35.4 Å². The summed E-state index contributed by atoms with van der Waals surface area (Å²) in [6.45, 7) is 2.00. The molecular formula is C11H12O2S2. The van der Waals surface area contributed by atoms with E-state index in [1.807, 2.05) is 31.2 Å². The maximum absolute atomic E-state index is 11.7. The van der Waals surface area contributed by atoms with E-state index in [2.05, 4.69) is 0 Å². The molecule has 1 fully saturated rings. The van der Waals surface area contributed by atoms with Crippen molar-refractivity contribution in [1.29, 1.82) is 0 Å². The lowest BCUT2D eigenvalue weighted by Gasteiger charge is -2.09. The SMILES string of the molecule is Cc1ccc(C(=O)OC2CSSC2)cc1. The van der Waals surface area contributed by atoms with Gasteiger partial charge in [-0.3, -0.25) is 0 Å². The largest absolute Gasteiger partial charge is 0.457 e. The molecule has 0 amide bonds. The highest BCUT2D eigenvalue weighted by molar-refractivity contribution is 8.77. The van der Waals surface area contributed by atoms with Gasteiger partial charge in [0.05, 0.1) is 5.56 Å². The Kier molecular flexibility index (Phi) is 3.59. The first kappa shape index (κ1) is 10.9. The molecule has 0 N–H and O–H groups in total. The van der Waals surface area contributed by atoms with Crippen molar-refractivity contribution in [3.8, 4) is 0 Å². The van der Waals surface area contributed by atoms with E-state index in [-0.39, 0.29) is 12.1 Å². The number of hydrogen-bond acceptors (Lipinski definition) is 4. The van der Waals surface area contributed by atoms with Gasteiger partial charge < -0.3 is 4.74 Å². The standard InChI is InChI=1S/C11H12O2S2/c1-8-2-4-9(5-3-8)11(12)13-10-6-14-15-7-10/h2-5,10H,6-7H2,1H3. The van der Waals surface area contributed by atoms with Gasteiger partial charge in [-0.05, 0) is 19.1 Å².